The maximum Gasteiger partial charge on any atom is 0.273 e. The van der Waals surface area contributed by atoms with Crippen LogP contribution < -0.4 is 31.6 Å². The first-order valence-corrected chi connectivity index (χ1v) is 10.9. The maximum absolute atomic E-state index is 12.3. The maximum atomic E-state index is 12.3. The number of rotatable bonds is 10. The number of nitrogens with one attached hydrogen (secondary N) is 2. The third-order valence-electron chi connectivity index (χ3n) is 5.24. The number of nitrogens with zero attached hydrogens (tertiary/aromatic N) is 3. The molecule has 0 saturated heterocycles. The third-order valence-corrected chi connectivity index (χ3v) is 5.52. The molecule has 1 aromatic heterocycles. The highest BCUT2D eigenvalue weighted by Gasteiger charge is 2.19. The Morgan fingerprint density at radius 2 is 1.76 bits per heavy atom. The molecule has 33 heavy (non-hydrogen) atoms. The Labute approximate surface area is 197 Å². The normalized spacial score (nSPS) is 12.5. The van der Waals surface area contributed by atoms with Crippen molar-refractivity contribution in [3.8, 4) is 11.5 Å². The fourth-order valence-corrected chi connectivity index (χ4v) is 3.34. The van der Waals surface area contributed by atoms with Crippen LogP contribution in [-0.2, 0) is 11.2 Å². The van der Waals surface area contributed by atoms with Gasteiger partial charge in [0.2, 0.25) is 12.7 Å². The average molecular weight is 479 g/mol. The predicted molar refractivity (Wildman–Crippen MR) is 124 cm³/mol. The number of fused-ring (bicyclic) bond motifs is 1. The van der Waals surface area contributed by atoms with E-state index in [0.717, 1.165) is 11.3 Å². The van der Waals surface area contributed by atoms with Gasteiger partial charge in [0.15, 0.2) is 34.0 Å². The standard InChI is InChI=1S/C21H28ClN7O4/c1-29(2,10-8-26-21(31)17-19(23)28-20(24)18(22)27-17)9-7-25-16(30)6-4-13-3-5-14-15(11-13)33-12-32-14/h3,5,11H,4,6-10,12H2,1-2H3,(H5-,23,24,25,26,28,30,31)/p+1. The Hall–Kier alpha value is -3.31. The quantitative estimate of drug-likeness (QED) is 0.361. The monoisotopic (exact) mass is 478 g/mol. The van der Waals surface area contributed by atoms with Crippen LogP contribution in [-0.4, -0.2) is 73.3 Å². The second-order valence-electron chi connectivity index (χ2n) is 8.31. The molecule has 11 nitrogen and oxygen atoms in total. The molecule has 0 fully saturated rings. The van der Waals surface area contributed by atoms with Crippen molar-refractivity contribution >= 4 is 35.1 Å². The lowest BCUT2D eigenvalue weighted by atomic mass is 10.1. The van der Waals surface area contributed by atoms with Gasteiger partial charge in [-0.2, -0.15) is 0 Å². The van der Waals surface area contributed by atoms with Crippen LogP contribution in [0.4, 0.5) is 11.6 Å². The summed E-state index contributed by atoms with van der Waals surface area (Å²) in [7, 11) is 4.03. The third kappa shape index (κ3) is 6.83. The Kier molecular flexibility index (Phi) is 7.77. The van der Waals surface area contributed by atoms with E-state index in [2.05, 4.69) is 20.6 Å². The summed E-state index contributed by atoms with van der Waals surface area (Å²) in [5.41, 5.74) is 12.2. The minimum atomic E-state index is -0.473. The van der Waals surface area contributed by atoms with Gasteiger partial charge in [0.25, 0.3) is 5.91 Å². The van der Waals surface area contributed by atoms with Crippen LogP contribution in [0.1, 0.15) is 22.5 Å². The molecule has 3 rings (SSSR count). The molecular formula is C21H29ClN7O4+. The van der Waals surface area contributed by atoms with Gasteiger partial charge in [-0.25, -0.2) is 9.97 Å². The minimum absolute atomic E-state index is 0.0183. The Balaban J connectivity index is 1.35. The topological polar surface area (TPSA) is 154 Å². The summed E-state index contributed by atoms with van der Waals surface area (Å²) in [6.07, 6.45) is 1.00. The second kappa shape index (κ2) is 10.5. The molecular weight excluding hydrogens is 450 g/mol. The van der Waals surface area contributed by atoms with E-state index in [-0.39, 0.29) is 35.2 Å². The van der Waals surface area contributed by atoms with Crippen molar-refractivity contribution in [1.29, 1.82) is 0 Å². The van der Waals surface area contributed by atoms with Gasteiger partial charge in [-0.1, -0.05) is 17.7 Å². The summed E-state index contributed by atoms with van der Waals surface area (Å²) in [5.74, 6) is 0.850. The van der Waals surface area contributed by atoms with Crippen LogP contribution in [0.3, 0.4) is 0 Å². The van der Waals surface area contributed by atoms with E-state index >= 15 is 0 Å². The number of carbonyl (C=O) groups excluding carboxylic acids is 2. The van der Waals surface area contributed by atoms with Gasteiger partial charge < -0.3 is 36.1 Å². The molecule has 6 N–H and O–H groups in total. The van der Waals surface area contributed by atoms with Crippen LogP contribution in [0.5, 0.6) is 11.5 Å². The van der Waals surface area contributed by atoms with Gasteiger partial charge in [-0.05, 0) is 24.1 Å². The van der Waals surface area contributed by atoms with Crippen LogP contribution in [0.2, 0.25) is 5.15 Å². The SMILES string of the molecule is C[N+](C)(CCNC(=O)CCc1ccc2c(c1)OCO2)CCNC(=O)c1nc(Cl)c(N)nc1N. The molecule has 1 aliphatic rings. The highest BCUT2D eigenvalue weighted by atomic mass is 35.5. The number of ether oxygens (including phenoxy) is 2. The van der Waals surface area contributed by atoms with Crippen LogP contribution >= 0.6 is 11.6 Å². The number of aromatic nitrogens is 2. The zero-order valence-electron chi connectivity index (χ0n) is 18.7. The van der Waals surface area contributed by atoms with Gasteiger partial charge >= 0.3 is 0 Å². The summed E-state index contributed by atoms with van der Waals surface area (Å²) < 4.78 is 11.2. The van der Waals surface area contributed by atoms with Crippen molar-refractivity contribution in [3.63, 3.8) is 0 Å². The molecule has 2 amide bonds. The number of hydrogen-bond acceptors (Lipinski definition) is 8. The molecule has 2 heterocycles. The van der Waals surface area contributed by atoms with Crippen LogP contribution in [0, 0.1) is 0 Å². The molecule has 0 unspecified atom stereocenters. The molecule has 1 aliphatic heterocycles. The van der Waals surface area contributed by atoms with Gasteiger partial charge in [0, 0.05) is 6.42 Å². The van der Waals surface area contributed by atoms with E-state index in [1.54, 1.807) is 0 Å². The summed E-state index contributed by atoms with van der Waals surface area (Å²) in [6, 6.07) is 5.70. The zero-order chi connectivity index (χ0) is 24.0. The summed E-state index contributed by atoms with van der Waals surface area (Å²) in [5, 5.41) is 5.63. The van der Waals surface area contributed by atoms with E-state index in [1.807, 2.05) is 32.3 Å². The summed E-state index contributed by atoms with van der Waals surface area (Å²) in [6.45, 7) is 2.46. The van der Waals surface area contributed by atoms with Gasteiger partial charge in [-0.15, -0.1) is 0 Å². The number of quaternary nitrogens is 1. The van der Waals surface area contributed by atoms with E-state index in [9.17, 15) is 9.59 Å². The molecule has 2 aromatic rings. The minimum Gasteiger partial charge on any atom is -0.454 e. The largest absolute Gasteiger partial charge is 0.454 e. The summed E-state index contributed by atoms with van der Waals surface area (Å²) in [4.78, 5) is 32.2. The van der Waals surface area contributed by atoms with Crippen molar-refractivity contribution in [2.45, 2.75) is 12.8 Å². The van der Waals surface area contributed by atoms with Crippen molar-refractivity contribution in [3.05, 3.63) is 34.6 Å². The average Bonchev–Trinajstić information content (AvgIpc) is 3.22. The van der Waals surface area contributed by atoms with E-state index < -0.39 is 5.91 Å². The highest BCUT2D eigenvalue weighted by Crippen LogP contribution is 2.32. The Morgan fingerprint density at radius 1 is 1.06 bits per heavy atom. The number of benzene rings is 1. The number of amides is 2. The summed E-state index contributed by atoms with van der Waals surface area (Å²) >= 11 is 5.82. The number of nitrogens with two attached hydrogens (primary N) is 2. The van der Waals surface area contributed by atoms with Crippen molar-refractivity contribution in [2.24, 2.45) is 0 Å². The smallest absolute Gasteiger partial charge is 0.273 e. The van der Waals surface area contributed by atoms with Crippen molar-refractivity contribution < 1.29 is 23.5 Å². The van der Waals surface area contributed by atoms with Gasteiger partial charge in [0.05, 0.1) is 40.3 Å². The molecule has 1 aromatic carbocycles. The van der Waals surface area contributed by atoms with Crippen molar-refractivity contribution in [2.75, 3.05) is 58.5 Å². The fraction of sp³-hybridized carbons (Fsp3) is 0.429. The van der Waals surface area contributed by atoms with Crippen molar-refractivity contribution in [1.82, 2.24) is 20.6 Å². The van der Waals surface area contributed by atoms with E-state index in [0.29, 0.717) is 49.3 Å². The predicted octanol–water partition coefficient (Wildman–Crippen LogP) is 0.578. The molecule has 0 bridgehead atoms. The number of hydrogen-bond donors (Lipinski definition) is 4. The van der Waals surface area contributed by atoms with E-state index in [4.69, 9.17) is 32.5 Å². The zero-order valence-corrected chi connectivity index (χ0v) is 19.4. The molecule has 12 heteroatoms. The number of nitrogen functional groups attached to an aromatic ring is 2. The highest BCUT2D eigenvalue weighted by molar-refractivity contribution is 6.31. The molecule has 0 aliphatic carbocycles. The van der Waals surface area contributed by atoms with E-state index in [1.165, 1.54) is 0 Å². The molecule has 178 valence electrons. The first-order valence-electron chi connectivity index (χ1n) is 10.5. The molecule has 0 atom stereocenters. The van der Waals surface area contributed by atoms with Gasteiger partial charge in [-0.3, -0.25) is 9.59 Å². The second-order valence-corrected chi connectivity index (χ2v) is 8.67. The van der Waals surface area contributed by atoms with Crippen LogP contribution in [0.25, 0.3) is 0 Å². The number of likely N-dealkylation sites (N-methyl/N-ethyl adjacent to an activating group) is 1. The fourth-order valence-electron chi connectivity index (χ4n) is 3.22. The molecule has 0 radical (unpaired) electrons. The lowest BCUT2D eigenvalue weighted by Gasteiger charge is -2.30. The Morgan fingerprint density at radius 3 is 2.52 bits per heavy atom. The first kappa shape index (κ1) is 24.3. The lowest BCUT2D eigenvalue weighted by Crippen LogP contribution is -2.49. The van der Waals surface area contributed by atoms with Gasteiger partial charge in [0.1, 0.15) is 0 Å². The first-order chi connectivity index (χ1) is 15.6. The lowest BCUT2D eigenvalue weighted by molar-refractivity contribution is -0.887. The Bertz CT molecular complexity index is 1030. The molecule has 0 saturated carbocycles. The van der Waals surface area contributed by atoms with Crippen LogP contribution in [0.15, 0.2) is 18.2 Å². The number of anilines is 2. The number of halogens is 1. The number of carbonyl (C=O) groups is 2. The number of aryl methyl sites for hydroxylation is 1. The molecule has 0 spiro atoms.